The zero-order chi connectivity index (χ0) is 11.7. The number of amides is 1. The Balaban J connectivity index is 2.21. The lowest BCUT2D eigenvalue weighted by Gasteiger charge is -2.18. The molecule has 86 valence electrons. The van der Waals surface area contributed by atoms with Gasteiger partial charge in [-0.15, -0.1) is 0 Å². The van der Waals surface area contributed by atoms with E-state index in [1.54, 1.807) is 0 Å². The molecule has 1 amide bonds. The summed E-state index contributed by atoms with van der Waals surface area (Å²) in [4.78, 5) is 26.6. The fourth-order valence-corrected chi connectivity index (χ4v) is 2.06. The van der Waals surface area contributed by atoms with Gasteiger partial charge in [0.1, 0.15) is 11.7 Å². The van der Waals surface area contributed by atoms with Gasteiger partial charge in [0.25, 0.3) is 0 Å². The van der Waals surface area contributed by atoms with Crippen molar-refractivity contribution < 1.29 is 18.7 Å². The standard InChI is InChI=1S/C10H11FN2O3/c1-16-10(15)8-6(3-13-9(8)14)5-2-12-4-7(5)11/h2,4-6,8H,3H2,1H3,(H,13,14)/t5?,6?,8-/m0/s1. The van der Waals surface area contributed by atoms with E-state index in [2.05, 4.69) is 15.0 Å². The van der Waals surface area contributed by atoms with E-state index in [-0.39, 0.29) is 6.54 Å². The van der Waals surface area contributed by atoms with Gasteiger partial charge in [-0.05, 0) is 0 Å². The van der Waals surface area contributed by atoms with Gasteiger partial charge < -0.3 is 10.1 Å². The number of rotatable bonds is 2. The highest BCUT2D eigenvalue weighted by molar-refractivity contribution is 6.00. The molecule has 0 bridgehead atoms. The molecule has 0 aromatic rings. The molecule has 0 aromatic carbocycles. The molecule has 1 fully saturated rings. The number of halogens is 1. The van der Waals surface area contributed by atoms with Crippen molar-refractivity contribution >= 4 is 18.1 Å². The number of esters is 1. The van der Waals surface area contributed by atoms with E-state index in [0.717, 1.165) is 6.20 Å². The van der Waals surface area contributed by atoms with E-state index in [1.165, 1.54) is 13.3 Å². The average Bonchev–Trinajstić information content (AvgIpc) is 2.83. The van der Waals surface area contributed by atoms with E-state index in [0.29, 0.717) is 0 Å². The third kappa shape index (κ3) is 1.60. The number of methoxy groups -OCH3 is 1. The van der Waals surface area contributed by atoms with E-state index in [1.807, 2.05) is 0 Å². The van der Waals surface area contributed by atoms with Crippen molar-refractivity contribution in [3.8, 4) is 0 Å². The number of carbonyl (C=O) groups is 2. The lowest BCUT2D eigenvalue weighted by atomic mass is 9.84. The van der Waals surface area contributed by atoms with Crippen molar-refractivity contribution in [1.29, 1.82) is 0 Å². The van der Waals surface area contributed by atoms with Crippen LogP contribution in [0.1, 0.15) is 0 Å². The fourth-order valence-electron chi connectivity index (χ4n) is 2.06. The first kappa shape index (κ1) is 10.8. The van der Waals surface area contributed by atoms with E-state index < -0.39 is 35.5 Å². The Morgan fingerprint density at radius 3 is 3.00 bits per heavy atom. The molecule has 2 aliphatic rings. The summed E-state index contributed by atoms with van der Waals surface area (Å²) in [6, 6.07) is 0. The zero-order valence-electron chi connectivity index (χ0n) is 8.64. The summed E-state index contributed by atoms with van der Waals surface area (Å²) in [6.45, 7) is 0.260. The summed E-state index contributed by atoms with van der Waals surface area (Å²) in [6.07, 6.45) is 2.51. The second-order valence-electron chi connectivity index (χ2n) is 3.75. The Kier molecular flexibility index (Phi) is 2.72. The number of aliphatic imine (C=N–C) groups is 1. The highest BCUT2D eigenvalue weighted by Crippen LogP contribution is 2.33. The first-order chi connectivity index (χ1) is 7.65. The Morgan fingerprint density at radius 1 is 1.69 bits per heavy atom. The third-order valence-corrected chi connectivity index (χ3v) is 2.90. The van der Waals surface area contributed by atoms with Crippen LogP contribution in [0, 0.1) is 17.8 Å². The largest absolute Gasteiger partial charge is 0.468 e. The lowest BCUT2D eigenvalue weighted by molar-refractivity contribution is -0.150. The molecule has 0 aromatic heterocycles. The molecule has 5 nitrogen and oxygen atoms in total. The summed E-state index contributed by atoms with van der Waals surface area (Å²) >= 11 is 0. The van der Waals surface area contributed by atoms with Crippen molar-refractivity contribution in [1.82, 2.24) is 5.32 Å². The molecule has 1 saturated heterocycles. The van der Waals surface area contributed by atoms with Crippen LogP contribution in [-0.4, -0.2) is 31.7 Å². The predicted molar refractivity (Wildman–Crippen MR) is 53.2 cm³/mol. The first-order valence-corrected chi connectivity index (χ1v) is 4.89. The zero-order valence-corrected chi connectivity index (χ0v) is 8.64. The summed E-state index contributed by atoms with van der Waals surface area (Å²) in [5.74, 6) is -3.47. The molecule has 2 rings (SSSR count). The minimum Gasteiger partial charge on any atom is -0.468 e. The Labute approximate surface area is 91.4 Å². The second kappa shape index (κ2) is 4.03. The van der Waals surface area contributed by atoms with Gasteiger partial charge >= 0.3 is 5.97 Å². The molecule has 2 aliphatic heterocycles. The number of hydrogen-bond acceptors (Lipinski definition) is 4. The van der Waals surface area contributed by atoms with Crippen LogP contribution in [0.4, 0.5) is 4.39 Å². The normalized spacial score (nSPS) is 32.5. The minimum atomic E-state index is -0.946. The van der Waals surface area contributed by atoms with E-state index in [4.69, 9.17) is 0 Å². The number of nitrogens with zero attached hydrogens (tertiary/aromatic N) is 1. The minimum absolute atomic E-state index is 0.260. The van der Waals surface area contributed by atoms with Gasteiger partial charge in [0.05, 0.1) is 19.2 Å². The van der Waals surface area contributed by atoms with Gasteiger partial charge in [-0.3, -0.25) is 14.6 Å². The summed E-state index contributed by atoms with van der Waals surface area (Å²) < 4.78 is 17.9. The molecular formula is C10H11FN2O3. The molecule has 3 atom stereocenters. The van der Waals surface area contributed by atoms with Crippen molar-refractivity contribution in [2.45, 2.75) is 0 Å². The van der Waals surface area contributed by atoms with Gasteiger partial charge in [0, 0.05) is 18.7 Å². The maximum atomic E-state index is 13.4. The SMILES string of the molecule is COC(=O)[C@@H]1C(=O)NCC1C1C=NC=C1F. The quantitative estimate of drug-likeness (QED) is 0.533. The average molecular weight is 226 g/mol. The number of nitrogens with one attached hydrogen (secondary N) is 1. The lowest BCUT2D eigenvalue weighted by Crippen LogP contribution is -2.32. The number of allylic oxidation sites excluding steroid dienone is 1. The van der Waals surface area contributed by atoms with Gasteiger partial charge in [-0.25, -0.2) is 4.39 Å². The third-order valence-electron chi connectivity index (χ3n) is 2.90. The van der Waals surface area contributed by atoms with Gasteiger partial charge in [-0.2, -0.15) is 0 Å². The Morgan fingerprint density at radius 2 is 2.44 bits per heavy atom. The van der Waals surface area contributed by atoms with Crippen LogP contribution in [0.2, 0.25) is 0 Å². The number of hydrogen-bond donors (Lipinski definition) is 1. The topological polar surface area (TPSA) is 67.8 Å². The number of ether oxygens (including phenoxy) is 1. The number of carbonyl (C=O) groups excluding carboxylic acids is 2. The van der Waals surface area contributed by atoms with Crippen molar-refractivity contribution in [3.05, 3.63) is 12.0 Å². The van der Waals surface area contributed by atoms with Gasteiger partial charge in [0.2, 0.25) is 5.91 Å². The van der Waals surface area contributed by atoms with Crippen LogP contribution in [-0.2, 0) is 14.3 Å². The van der Waals surface area contributed by atoms with E-state index >= 15 is 0 Å². The molecule has 0 saturated carbocycles. The van der Waals surface area contributed by atoms with Gasteiger partial charge in [-0.1, -0.05) is 0 Å². The molecule has 1 N–H and O–H groups in total. The maximum absolute atomic E-state index is 13.4. The summed E-state index contributed by atoms with van der Waals surface area (Å²) in [5, 5.41) is 2.54. The van der Waals surface area contributed by atoms with Gasteiger partial charge in [0.15, 0.2) is 0 Å². The highest BCUT2D eigenvalue weighted by atomic mass is 19.1. The van der Waals surface area contributed by atoms with Crippen molar-refractivity contribution in [2.24, 2.45) is 22.7 Å². The van der Waals surface area contributed by atoms with Crippen LogP contribution in [0.15, 0.2) is 17.0 Å². The Hall–Kier alpha value is -1.72. The van der Waals surface area contributed by atoms with Crippen LogP contribution in [0.3, 0.4) is 0 Å². The molecule has 16 heavy (non-hydrogen) atoms. The molecule has 0 aliphatic carbocycles. The predicted octanol–water partition coefficient (Wildman–Crippen LogP) is 0.0331. The second-order valence-corrected chi connectivity index (χ2v) is 3.75. The molecule has 6 heteroatoms. The maximum Gasteiger partial charge on any atom is 0.318 e. The molecular weight excluding hydrogens is 215 g/mol. The van der Waals surface area contributed by atoms with Crippen LogP contribution < -0.4 is 5.32 Å². The van der Waals surface area contributed by atoms with Crippen molar-refractivity contribution in [2.75, 3.05) is 13.7 Å². The van der Waals surface area contributed by atoms with Crippen LogP contribution >= 0.6 is 0 Å². The molecule has 0 spiro atoms. The van der Waals surface area contributed by atoms with Crippen LogP contribution in [0.25, 0.3) is 0 Å². The fraction of sp³-hybridized carbons (Fsp3) is 0.500. The Bertz CT molecular complexity index is 392. The molecule has 2 unspecified atom stereocenters. The summed E-state index contributed by atoms with van der Waals surface area (Å²) in [7, 11) is 1.21. The van der Waals surface area contributed by atoms with Crippen LogP contribution in [0.5, 0.6) is 0 Å². The summed E-state index contributed by atoms with van der Waals surface area (Å²) in [5.41, 5.74) is 0. The monoisotopic (exact) mass is 226 g/mol. The molecule has 2 heterocycles. The smallest absolute Gasteiger partial charge is 0.318 e. The first-order valence-electron chi connectivity index (χ1n) is 4.89. The molecule has 0 radical (unpaired) electrons. The highest BCUT2D eigenvalue weighted by Gasteiger charge is 2.46. The van der Waals surface area contributed by atoms with Crippen molar-refractivity contribution in [3.63, 3.8) is 0 Å². The van der Waals surface area contributed by atoms with E-state index in [9.17, 15) is 14.0 Å².